The van der Waals surface area contributed by atoms with Crippen LogP contribution in [-0.4, -0.2) is 11.9 Å². The minimum absolute atomic E-state index is 0.101. The van der Waals surface area contributed by atoms with Crippen LogP contribution in [0.1, 0.15) is 25.5 Å². The van der Waals surface area contributed by atoms with Gasteiger partial charge >= 0.3 is 0 Å². The van der Waals surface area contributed by atoms with Crippen molar-refractivity contribution >= 4 is 46.4 Å². The molecule has 23 heavy (non-hydrogen) atoms. The van der Waals surface area contributed by atoms with E-state index in [1.165, 1.54) is 0 Å². The number of anilines is 1. The number of quaternary nitrogens is 1. The van der Waals surface area contributed by atoms with Gasteiger partial charge in [0, 0.05) is 15.6 Å². The summed E-state index contributed by atoms with van der Waals surface area (Å²) >= 11 is 18.0. The molecular weight excluding hydrogens is 355 g/mol. The molecule has 0 unspecified atom stereocenters. The van der Waals surface area contributed by atoms with Gasteiger partial charge in [0.25, 0.3) is 5.91 Å². The van der Waals surface area contributed by atoms with Gasteiger partial charge in [-0.15, -0.1) is 0 Å². The van der Waals surface area contributed by atoms with Gasteiger partial charge < -0.3 is 10.6 Å². The maximum Gasteiger partial charge on any atom is 0.282 e. The molecule has 0 fully saturated rings. The fourth-order valence-electron chi connectivity index (χ4n) is 2.26. The Morgan fingerprint density at radius 1 is 1.04 bits per heavy atom. The Kier molecular flexibility index (Phi) is 6.31. The first-order valence-electron chi connectivity index (χ1n) is 7.23. The minimum atomic E-state index is -0.293. The highest BCUT2D eigenvalue weighted by atomic mass is 35.5. The van der Waals surface area contributed by atoms with Gasteiger partial charge in [-0.25, -0.2) is 0 Å². The second kappa shape index (κ2) is 8.02. The Morgan fingerprint density at radius 3 is 2.43 bits per heavy atom. The molecule has 2 rings (SSSR count). The lowest BCUT2D eigenvalue weighted by Crippen LogP contribution is -2.91. The smallest absolute Gasteiger partial charge is 0.282 e. The largest absolute Gasteiger partial charge is 0.330 e. The Bertz CT molecular complexity index is 706. The third-order valence-electron chi connectivity index (χ3n) is 3.55. The predicted molar refractivity (Wildman–Crippen MR) is 96.3 cm³/mol. The predicted octanol–water partition coefficient (Wildman–Crippen LogP) is 4.30. The summed E-state index contributed by atoms with van der Waals surface area (Å²) in [6.45, 7) is 3.87. The van der Waals surface area contributed by atoms with E-state index in [0.29, 0.717) is 20.8 Å². The van der Waals surface area contributed by atoms with Crippen molar-refractivity contribution in [2.75, 3.05) is 5.32 Å². The first-order chi connectivity index (χ1) is 10.9. The number of hydrogen-bond acceptors (Lipinski definition) is 1. The van der Waals surface area contributed by atoms with Crippen LogP contribution in [0, 0.1) is 0 Å². The zero-order chi connectivity index (χ0) is 17.0. The number of halogens is 3. The van der Waals surface area contributed by atoms with Crippen molar-refractivity contribution in [3.05, 3.63) is 63.1 Å². The van der Waals surface area contributed by atoms with Crippen molar-refractivity contribution in [3.8, 4) is 0 Å². The fraction of sp³-hybridized carbons (Fsp3) is 0.235. The van der Waals surface area contributed by atoms with Crippen molar-refractivity contribution < 1.29 is 10.1 Å². The number of rotatable bonds is 5. The van der Waals surface area contributed by atoms with Crippen LogP contribution >= 0.6 is 34.8 Å². The maximum atomic E-state index is 12.3. The minimum Gasteiger partial charge on any atom is -0.330 e. The summed E-state index contributed by atoms with van der Waals surface area (Å²) in [6.07, 6.45) is 0. The molecule has 2 aromatic rings. The lowest BCUT2D eigenvalue weighted by atomic mass is 10.1. The average Bonchev–Trinajstić information content (AvgIpc) is 2.50. The van der Waals surface area contributed by atoms with Crippen molar-refractivity contribution in [1.29, 1.82) is 0 Å². The molecule has 0 bridgehead atoms. The highest BCUT2D eigenvalue weighted by Crippen LogP contribution is 2.25. The molecule has 0 aromatic heterocycles. The standard InChI is InChI=1S/C17H17Cl3N2O/c1-10(12-4-3-5-13(18)8-12)21-11(2)17(23)22-16-9-14(19)6-7-15(16)20/h3-11,21H,1-2H3,(H,22,23)/p+1/t10-,11-/m1/s1. The molecule has 3 nitrogen and oxygen atoms in total. The number of carbonyl (C=O) groups excluding carboxylic acids is 1. The molecule has 2 aromatic carbocycles. The lowest BCUT2D eigenvalue weighted by molar-refractivity contribution is -0.709. The summed E-state index contributed by atoms with van der Waals surface area (Å²) in [5.41, 5.74) is 1.58. The molecule has 0 saturated heterocycles. The SMILES string of the molecule is C[C@@H]([NH2+][C@H](C)c1cccc(Cl)c1)C(=O)Nc1cc(Cl)ccc1Cl. The zero-order valence-corrected chi connectivity index (χ0v) is 15.1. The number of nitrogens with one attached hydrogen (secondary N) is 1. The van der Waals surface area contributed by atoms with Crippen LogP contribution in [-0.2, 0) is 4.79 Å². The summed E-state index contributed by atoms with van der Waals surface area (Å²) in [5.74, 6) is -0.136. The van der Waals surface area contributed by atoms with Crippen LogP contribution in [0.3, 0.4) is 0 Å². The van der Waals surface area contributed by atoms with Gasteiger partial charge in [0.05, 0.1) is 10.7 Å². The normalized spacial score (nSPS) is 13.4. The van der Waals surface area contributed by atoms with Crippen molar-refractivity contribution in [2.24, 2.45) is 0 Å². The van der Waals surface area contributed by atoms with Crippen LogP contribution < -0.4 is 10.6 Å². The third kappa shape index (κ3) is 5.11. The van der Waals surface area contributed by atoms with Gasteiger partial charge in [-0.2, -0.15) is 0 Å². The molecule has 0 aliphatic heterocycles. The van der Waals surface area contributed by atoms with E-state index >= 15 is 0 Å². The molecule has 6 heteroatoms. The monoisotopic (exact) mass is 371 g/mol. The van der Waals surface area contributed by atoms with Crippen molar-refractivity contribution in [2.45, 2.75) is 25.9 Å². The van der Waals surface area contributed by atoms with E-state index in [1.54, 1.807) is 18.2 Å². The van der Waals surface area contributed by atoms with Crippen LogP contribution in [0.4, 0.5) is 5.69 Å². The summed E-state index contributed by atoms with van der Waals surface area (Å²) in [6, 6.07) is 12.4. The second-order valence-corrected chi connectivity index (χ2v) is 6.72. The number of carbonyl (C=O) groups is 1. The second-order valence-electron chi connectivity index (χ2n) is 5.44. The highest BCUT2D eigenvalue weighted by Gasteiger charge is 2.21. The van der Waals surface area contributed by atoms with Crippen LogP contribution in [0.15, 0.2) is 42.5 Å². The van der Waals surface area contributed by atoms with E-state index in [1.807, 2.05) is 43.4 Å². The summed E-state index contributed by atoms with van der Waals surface area (Å²) in [5, 5.41) is 6.44. The van der Waals surface area contributed by atoms with E-state index < -0.39 is 0 Å². The van der Waals surface area contributed by atoms with Gasteiger partial charge in [-0.05, 0) is 44.2 Å². The molecule has 1 amide bonds. The molecule has 0 aliphatic carbocycles. The zero-order valence-electron chi connectivity index (χ0n) is 12.8. The van der Waals surface area contributed by atoms with Crippen LogP contribution in [0.25, 0.3) is 0 Å². The first-order valence-corrected chi connectivity index (χ1v) is 8.36. The van der Waals surface area contributed by atoms with Gasteiger partial charge in [0.1, 0.15) is 6.04 Å². The quantitative estimate of drug-likeness (QED) is 0.807. The number of nitrogens with two attached hydrogens (primary N) is 1. The number of amides is 1. The Balaban J connectivity index is 2.01. The molecule has 0 heterocycles. The summed E-state index contributed by atoms with van der Waals surface area (Å²) in [4.78, 5) is 12.3. The van der Waals surface area contributed by atoms with Gasteiger partial charge in [0.2, 0.25) is 0 Å². The molecule has 2 atom stereocenters. The van der Waals surface area contributed by atoms with Gasteiger partial charge in [0.15, 0.2) is 6.04 Å². The van der Waals surface area contributed by atoms with E-state index in [0.717, 1.165) is 5.56 Å². The number of hydrogen-bond donors (Lipinski definition) is 2. The summed E-state index contributed by atoms with van der Waals surface area (Å²) in [7, 11) is 0. The van der Waals surface area contributed by atoms with Crippen LogP contribution in [0.5, 0.6) is 0 Å². The first kappa shape index (κ1) is 18.1. The third-order valence-corrected chi connectivity index (χ3v) is 4.35. The molecule has 122 valence electrons. The Labute approximate surface area is 150 Å². The molecular formula is C17H18Cl3N2O+. The van der Waals surface area contributed by atoms with E-state index in [2.05, 4.69) is 5.32 Å². The maximum absolute atomic E-state index is 12.3. The average molecular weight is 373 g/mol. The van der Waals surface area contributed by atoms with Crippen molar-refractivity contribution in [3.63, 3.8) is 0 Å². The van der Waals surface area contributed by atoms with Gasteiger partial charge in [-0.1, -0.05) is 46.9 Å². The van der Waals surface area contributed by atoms with E-state index in [-0.39, 0.29) is 18.0 Å². The molecule has 0 spiro atoms. The molecule has 0 aliphatic rings. The van der Waals surface area contributed by atoms with E-state index in [9.17, 15) is 4.79 Å². The summed E-state index contributed by atoms with van der Waals surface area (Å²) < 4.78 is 0. The molecule has 0 radical (unpaired) electrons. The Hall–Kier alpha value is -1.26. The van der Waals surface area contributed by atoms with Gasteiger partial charge in [-0.3, -0.25) is 4.79 Å². The molecule has 3 N–H and O–H groups in total. The Morgan fingerprint density at radius 2 is 1.74 bits per heavy atom. The lowest BCUT2D eigenvalue weighted by Gasteiger charge is -2.17. The highest BCUT2D eigenvalue weighted by molar-refractivity contribution is 6.35. The number of benzene rings is 2. The van der Waals surface area contributed by atoms with E-state index in [4.69, 9.17) is 34.8 Å². The molecule has 0 saturated carbocycles. The van der Waals surface area contributed by atoms with Crippen LogP contribution in [0.2, 0.25) is 15.1 Å². The topological polar surface area (TPSA) is 45.7 Å². The van der Waals surface area contributed by atoms with Crippen molar-refractivity contribution in [1.82, 2.24) is 0 Å². The fourth-order valence-corrected chi connectivity index (χ4v) is 2.80.